The monoisotopic (exact) mass is 326 g/mol. The molecule has 8 heteroatoms. The maximum absolute atomic E-state index is 12.5. The molecule has 0 unspecified atom stereocenters. The molecule has 1 aromatic heterocycles. The first kappa shape index (κ1) is 15.6. The Balaban J connectivity index is 1.87. The van der Waals surface area contributed by atoms with Gasteiger partial charge in [-0.05, 0) is 18.6 Å². The Morgan fingerprint density at radius 1 is 1.29 bits per heavy atom. The van der Waals surface area contributed by atoms with E-state index in [4.69, 9.17) is 4.42 Å². The predicted octanol–water partition coefficient (Wildman–Crippen LogP) is 2.77. The van der Waals surface area contributed by atoms with E-state index in [9.17, 15) is 14.9 Å². The number of fused-ring (bicyclic) bond motifs is 1. The smallest absolute Gasteiger partial charge is 0.400 e. The largest absolute Gasteiger partial charge is 0.433 e. The van der Waals surface area contributed by atoms with E-state index in [1.54, 1.807) is 4.90 Å². The minimum absolute atomic E-state index is 0.190. The molecule has 8 nitrogen and oxygen atoms in total. The van der Waals surface area contributed by atoms with Gasteiger partial charge in [0.15, 0.2) is 11.5 Å². The van der Waals surface area contributed by atoms with Gasteiger partial charge in [-0.2, -0.15) is 5.10 Å². The minimum Gasteiger partial charge on any atom is -0.400 e. The van der Waals surface area contributed by atoms with Crippen molar-refractivity contribution < 1.29 is 14.1 Å². The molecular formula is C16H14N4O4. The molecule has 0 bridgehead atoms. The van der Waals surface area contributed by atoms with E-state index in [1.165, 1.54) is 18.3 Å². The van der Waals surface area contributed by atoms with Gasteiger partial charge in [0, 0.05) is 12.1 Å². The Morgan fingerprint density at radius 2 is 2.08 bits per heavy atom. The van der Waals surface area contributed by atoms with Gasteiger partial charge in [-0.15, -0.1) is 5.10 Å². The number of benzene rings is 1. The Morgan fingerprint density at radius 3 is 2.79 bits per heavy atom. The number of carbonyl (C=O) groups excluding carboxylic acids is 1. The van der Waals surface area contributed by atoms with Crippen molar-refractivity contribution in [3.63, 3.8) is 0 Å². The lowest BCUT2D eigenvalue weighted by Crippen LogP contribution is -2.30. The highest BCUT2D eigenvalue weighted by Gasteiger charge is 2.33. The van der Waals surface area contributed by atoms with Gasteiger partial charge in [0.25, 0.3) is 5.91 Å². The second-order valence-electron chi connectivity index (χ2n) is 5.10. The van der Waals surface area contributed by atoms with E-state index in [2.05, 4.69) is 10.2 Å². The summed E-state index contributed by atoms with van der Waals surface area (Å²) in [5.74, 6) is -0.392. The average Bonchev–Trinajstić information content (AvgIpc) is 3.14. The van der Waals surface area contributed by atoms with E-state index in [0.29, 0.717) is 6.54 Å². The predicted molar refractivity (Wildman–Crippen MR) is 88.6 cm³/mol. The van der Waals surface area contributed by atoms with E-state index < -0.39 is 4.92 Å². The van der Waals surface area contributed by atoms with Gasteiger partial charge < -0.3 is 9.32 Å². The highest BCUT2D eigenvalue weighted by atomic mass is 16.6. The fourth-order valence-corrected chi connectivity index (χ4v) is 2.46. The number of furan rings is 1. The molecule has 0 radical (unpaired) electrons. The van der Waals surface area contributed by atoms with Crippen molar-refractivity contribution in [2.24, 2.45) is 10.2 Å². The number of anilines is 1. The van der Waals surface area contributed by atoms with Crippen molar-refractivity contribution in [3.05, 3.63) is 57.8 Å². The third-order valence-corrected chi connectivity index (χ3v) is 3.48. The molecule has 1 amide bonds. The van der Waals surface area contributed by atoms with Gasteiger partial charge in [-0.25, -0.2) is 0 Å². The van der Waals surface area contributed by atoms with E-state index in [-0.39, 0.29) is 23.3 Å². The van der Waals surface area contributed by atoms with Crippen LogP contribution in [0, 0.1) is 10.1 Å². The molecule has 0 fully saturated rings. The molecule has 24 heavy (non-hydrogen) atoms. The first-order chi connectivity index (χ1) is 11.6. The first-order valence-electron chi connectivity index (χ1n) is 7.38. The summed E-state index contributed by atoms with van der Waals surface area (Å²) < 4.78 is 4.95. The second-order valence-corrected chi connectivity index (χ2v) is 5.10. The van der Waals surface area contributed by atoms with Gasteiger partial charge >= 0.3 is 5.88 Å². The highest BCUT2D eigenvalue weighted by Crippen LogP contribution is 2.29. The molecule has 0 N–H and O–H groups in total. The van der Waals surface area contributed by atoms with E-state index >= 15 is 0 Å². The summed E-state index contributed by atoms with van der Waals surface area (Å²) in [6.45, 7) is 2.59. The lowest BCUT2D eigenvalue weighted by atomic mass is 10.1. The molecule has 0 saturated heterocycles. The molecular weight excluding hydrogens is 312 g/mol. The summed E-state index contributed by atoms with van der Waals surface area (Å²) in [6, 6.07) is 10.0. The molecule has 3 rings (SSSR count). The number of nitro groups is 1. The molecule has 1 aromatic carbocycles. The van der Waals surface area contributed by atoms with Gasteiger partial charge in [0.05, 0.1) is 18.0 Å². The molecule has 2 aromatic rings. The van der Waals surface area contributed by atoms with Gasteiger partial charge in [-0.3, -0.25) is 14.9 Å². The van der Waals surface area contributed by atoms with Crippen LogP contribution in [0.4, 0.5) is 11.6 Å². The van der Waals surface area contributed by atoms with Crippen LogP contribution in [-0.4, -0.2) is 29.3 Å². The van der Waals surface area contributed by atoms with Crippen LogP contribution in [0.25, 0.3) is 0 Å². The van der Waals surface area contributed by atoms with Crippen LogP contribution in [0.5, 0.6) is 0 Å². The molecule has 0 atom stereocenters. The van der Waals surface area contributed by atoms with Crippen LogP contribution in [0.2, 0.25) is 0 Å². The molecule has 2 heterocycles. The number of carbonyl (C=O) groups is 1. The molecule has 122 valence electrons. The summed E-state index contributed by atoms with van der Waals surface area (Å²) in [5, 5.41) is 18.4. The highest BCUT2D eigenvalue weighted by molar-refractivity contribution is 6.54. The van der Waals surface area contributed by atoms with Crippen LogP contribution in [0.3, 0.4) is 0 Å². The van der Waals surface area contributed by atoms with Crippen molar-refractivity contribution in [1.29, 1.82) is 0 Å². The maximum atomic E-state index is 12.5. The summed E-state index contributed by atoms with van der Waals surface area (Å²) >= 11 is 0. The number of amides is 1. The lowest BCUT2D eigenvalue weighted by molar-refractivity contribution is -0.402. The van der Waals surface area contributed by atoms with Crippen molar-refractivity contribution in [3.8, 4) is 0 Å². The Kier molecular flexibility index (Phi) is 4.19. The summed E-state index contributed by atoms with van der Waals surface area (Å²) in [7, 11) is 0. The zero-order valence-electron chi connectivity index (χ0n) is 12.9. The normalized spacial score (nSPS) is 15.5. The summed E-state index contributed by atoms with van der Waals surface area (Å²) in [4.78, 5) is 24.1. The molecule has 1 aliphatic rings. The fourth-order valence-electron chi connectivity index (χ4n) is 2.46. The van der Waals surface area contributed by atoms with Crippen molar-refractivity contribution in [2.45, 2.75) is 13.3 Å². The third kappa shape index (κ3) is 2.81. The lowest BCUT2D eigenvalue weighted by Gasteiger charge is -2.14. The average molecular weight is 326 g/mol. The number of hydrogen-bond donors (Lipinski definition) is 0. The molecule has 1 aliphatic heterocycles. The van der Waals surface area contributed by atoms with Crippen molar-refractivity contribution in [1.82, 2.24) is 0 Å². The Bertz CT molecular complexity index is 853. The summed E-state index contributed by atoms with van der Waals surface area (Å²) in [5.41, 5.74) is 1.78. The number of nitrogens with zero attached hydrogens (tertiary/aromatic N) is 4. The van der Waals surface area contributed by atoms with Crippen LogP contribution in [0.15, 0.2) is 51.0 Å². The molecule has 0 saturated carbocycles. The number of rotatable bonds is 5. The van der Waals surface area contributed by atoms with E-state index in [1.807, 2.05) is 31.2 Å². The van der Waals surface area contributed by atoms with Crippen LogP contribution >= 0.6 is 0 Å². The van der Waals surface area contributed by atoms with Crippen molar-refractivity contribution in [2.75, 3.05) is 11.4 Å². The standard InChI is InChI=1S/C16H14N4O4/c1-2-9-19-13-6-4-3-5-12(13)15(16(19)21)18-17-10-11-7-8-14(24-11)20(22)23/h3-8,10H,2,9H2,1H3/b17-10-,18-15+. The fraction of sp³-hybridized carbons (Fsp3) is 0.188. The first-order valence-corrected chi connectivity index (χ1v) is 7.38. The van der Waals surface area contributed by atoms with Crippen molar-refractivity contribution >= 4 is 29.4 Å². The minimum atomic E-state index is -0.636. The quantitative estimate of drug-likeness (QED) is 0.479. The third-order valence-electron chi connectivity index (χ3n) is 3.48. The summed E-state index contributed by atoms with van der Waals surface area (Å²) in [6.07, 6.45) is 2.06. The number of para-hydroxylation sites is 1. The zero-order chi connectivity index (χ0) is 17.1. The molecule has 0 aliphatic carbocycles. The van der Waals surface area contributed by atoms with Gasteiger partial charge in [-0.1, -0.05) is 25.1 Å². The Hall–Kier alpha value is -3.29. The SMILES string of the molecule is CCCN1C(=O)/C(=N/N=C\c2ccc([N+](=O)[O-])o2)c2ccccc21. The molecule has 0 spiro atoms. The van der Waals surface area contributed by atoms with Gasteiger partial charge in [0.2, 0.25) is 0 Å². The number of hydrogen-bond acceptors (Lipinski definition) is 6. The Labute approximate surface area is 137 Å². The van der Waals surface area contributed by atoms with Crippen LogP contribution in [0.1, 0.15) is 24.7 Å². The van der Waals surface area contributed by atoms with Crippen LogP contribution < -0.4 is 4.90 Å². The van der Waals surface area contributed by atoms with Gasteiger partial charge in [0.1, 0.15) is 4.92 Å². The zero-order valence-corrected chi connectivity index (χ0v) is 12.9. The maximum Gasteiger partial charge on any atom is 0.433 e. The van der Waals surface area contributed by atoms with E-state index in [0.717, 1.165) is 17.7 Å². The second kappa shape index (κ2) is 6.45. The topological polar surface area (TPSA) is 101 Å². The van der Waals surface area contributed by atoms with Crippen LogP contribution in [-0.2, 0) is 4.79 Å².